The summed E-state index contributed by atoms with van der Waals surface area (Å²) in [5.41, 5.74) is 5.68. The summed E-state index contributed by atoms with van der Waals surface area (Å²) >= 11 is 0. The van der Waals surface area contributed by atoms with Gasteiger partial charge in [0.15, 0.2) is 0 Å². The summed E-state index contributed by atoms with van der Waals surface area (Å²) in [4.78, 5) is 22.8. The number of carbonyl (C=O) groups excluding carboxylic acids is 2. The van der Waals surface area contributed by atoms with Crippen LogP contribution in [-0.2, 0) is 9.59 Å². The van der Waals surface area contributed by atoms with E-state index in [1.807, 2.05) is 27.7 Å². The molecule has 0 fully saturated rings. The lowest BCUT2D eigenvalue weighted by Gasteiger charge is -2.14. The molecule has 0 spiro atoms. The van der Waals surface area contributed by atoms with Crippen LogP contribution in [0.2, 0.25) is 0 Å². The van der Waals surface area contributed by atoms with E-state index in [9.17, 15) is 9.59 Å². The smallest absolute Gasteiger partial charge is 0.239 e. The zero-order valence-electron chi connectivity index (χ0n) is 11.2. The van der Waals surface area contributed by atoms with Crippen molar-refractivity contribution in [1.82, 2.24) is 10.6 Å². The Bertz CT molecular complexity index is 252. The van der Waals surface area contributed by atoms with Gasteiger partial charge in [0.05, 0.1) is 12.6 Å². The van der Waals surface area contributed by atoms with E-state index in [2.05, 4.69) is 10.6 Å². The molecule has 0 saturated carbocycles. The zero-order chi connectivity index (χ0) is 13.4. The lowest BCUT2D eigenvalue weighted by molar-refractivity contribution is -0.127. The standard InChI is InChI=1S/C12H25N3O2/c1-8(2)5-10(13)12(17)15-7-11(16)14-6-9(3)4/h8-10H,5-7,13H2,1-4H3,(H,14,16)(H,15,17)/t10-/m1/s1. The molecule has 5 heteroatoms. The summed E-state index contributed by atoms with van der Waals surface area (Å²) in [6.45, 7) is 8.64. The highest BCUT2D eigenvalue weighted by Gasteiger charge is 2.15. The Morgan fingerprint density at radius 3 is 2.12 bits per heavy atom. The number of hydrogen-bond acceptors (Lipinski definition) is 3. The SMILES string of the molecule is CC(C)CNC(=O)CNC(=O)[C@H](N)CC(C)C. The van der Waals surface area contributed by atoms with Crippen LogP contribution < -0.4 is 16.4 Å². The molecule has 1 atom stereocenters. The van der Waals surface area contributed by atoms with Crippen LogP contribution in [0.1, 0.15) is 34.1 Å². The Balaban J connectivity index is 3.79. The van der Waals surface area contributed by atoms with E-state index in [0.29, 0.717) is 24.8 Å². The molecule has 0 aliphatic carbocycles. The second-order valence-corrected chi connectivity index (χ2v) is 5.15. The average molecular weight is 243 g/mol. The van der Waals surface area contributed by atoms with E-state index >= 15 is 0 Å². The second-order valence-electron chi connectivity index (χ2n) is 5.15. The summed E-state index contributed by atoms with van der Waals surface area (Å²) < 4.78 is 0. The molecule has 4 N–H and O–H groups in total. The molecule has 0 heterocycles. The Labute approximate surface area is 104 Å². The Hall–Kier alpha value is -1.10. The van der Waals surface area contributed by atoms with Gasteiger partial charge in [-0.3, -0.25) is 9.59 Å². The molecule has 0 aromatic rings. The topological polar surface area (TPSA) is 84.2 Å². The molecule has 0 aliphatic heterocycles. The third kappa shape index (κ3) is 8.68. The van der Waals surface area contributed by atoms with Gasteiger partial charge in [0.2, 0.25) is 11.8 Å². The molecular weight excluding hydrogens is 218 g/mol. The van der Waals surface area contributed by atoms with Gasteiger partial charge >= 0.3 is 0 Å². The molecule has 2 amide bonds. The highest BCUT2D eigenvalue weighted by Crippen LogP contribution is 2.02. The number of nitrogens with one attached hydrogen (secondary N) is 2. The maximum atomic E-state index is 11.5. The van der Waals surface area contributed by atoms with Crippen LogP contribution in [0.5, 0.6) is 0 Å². The molecule has 17 heavy (non-hydrogen) atoms. The van der Waals surface area contributed by atoms with E-state index in [4.69, 9.17) is 5.73 Å². The Kier molecular flexibility index (Phi) is 7.54. The van der Waals surface area contributed by atoms with Crippen molar-refractivity contribution in [2.45, 2.75) is 40.2 Å². The predicted molar refractivity (Wildman–Crippen MR) is 68.3 cm³/mol. The number of carbonyl (C=O) groups is 2. The van der Waals surface area contributed by atoms with Gasteiger partial charge in [0, 0.05) is 6.54 Å². The number of amides is 2. The second kappa shape index (κ2) is 8.06. The fraction of sp³-hybridized carbons (Fsp3) is 0.833. The zero-order valence-corrected chi connectivity index (χ0v) is 11.2. The maximum Gasteiger partial charge on any atom is 0.239 e. The Morgan fingerprint density at radius 2 is 1.65 bits per heavy atom. The summed E-state index contributed by atoms with van der Waals surface area (Å²) in [5.74, 6) is 0.325. The van der Waals surface area contributed by atoms with E-state index in [1.165, 1.54) is 0 Å². The van der Waals surface area contributed by atoms with Crippen molar-refractivity contribution in [3.05, 3.63) is 0 Å². The number of hydrogen-bond donors (Lipinski definition) is 3. The molecular formula is C12H25N3O2. The van der Waals surface area contributed by atoms with Crippen LogP contribution in [-0.4, -0.2) is 30.9 Å². The summed E-state index contributed by atoms with van der Waals surface area (Å²) in [6.07, 6.45) is 0.624. The van der Waals surface area contributed by atoms with Crippen molar-refractivity contribution in [2.24, 2.45) is 17.6 Å². The molecule has 0 unspecified atom stereocenters. The predicted octanol–water partition coefficient (Wildman–Crippen LogP) is 0.248. The molecule has 0 aromatic heterocycles. The molecule has 0 aliphatic rings. The lowest BCUT2D eigenvalue weighted by Crippen LogP contribution is -2.45. The fourth-order valence-electron chi connectivity index (χ4n) is 1.29. The molecule has 0 aromatic carbocycles. The van der Waals surface area contributed by atoms with Crippen molar-refractivity contribution >= 4 is 11.8 Å². The van der Waals surface area contributed by atoms with Crippen molar-refractivity contribution < 1.29 is 9.59 Å². The molecule has 0 bridgehead atoms. The summed E-state index contributed by atoms with van der Waals surface area (Å²) in [7, 11) is 0. The van der Waals surface area contributed by atoms with Crippen LogP contribution in [0.15, 0.2) is 0 Å². The highest BCUT2D eigenvalue weighted by atomic mass is 16.2. The normalized spacial score (nSPS) is 12.6. The lowest BCUT2D eigenvalue weighted by atomic mass is 10.0. The van der Waals surface area contributed by atoms with Gasteiger partial charge in [-0.05, 0) is 18.3 Å². The third-order valence-corrected chi connectivity index (χ3v) is 2.19. The van der Waals surface area contributed by atoms with Gasteiger partial charge in [-0.25, -0.2) is 0 Å². The molecule has 100 valence electrons. The van der Waals surface area contributed by atoms with Crippen molar-refractivity contribution in [3.8, 4) is 0 Å². The van der Waals surface area contributed by atoms with E-state index in [1.54, 1.807) is 0 Å². The first kappa shape index (κ1) is 15.9. The quantitative estimate of drug-likeness (QED) is 0.599. The van der Waals surface area contributed by atoms with Crippen LogP contribution in [0.4, 0.5) is 0 Å². The van der Waals surface area contributed by atoms with Crippen molar-refractivity contribution in [2.75, 3.05) is 13.1 Å². The van der Waals surface area contributed by atoms with Crippen LogP contribution in [0.25, 0.3) is 0 Å². The third-order valence-electron chi connectivity index (χ3n) is 2.19. The fourth-order valence-corrected chi connectivity index (χ4v) is 1.29. The minimum Gasteiger partial charge on any atom is -0.354 e. The molecule has 0 radical (unpaired) electrons. The van der Waals surface area contributed by atoms with E-state index in [0.717, 1.165) is 0 Å². The van der Waals surface area contributed by atoms with Gasteiger partial charge in [-0.15, -0.1) is 0 Å². The minimum absolute atomic E-state index is 0.00263. The van der Waals surface area contributed by atoms with Gasteiger partial charge in [0.1, 0.15) is 0 Å². The first-order valence-corrected chi connectivity index (χ1v) is 6.13. The average Bonchev–Trinajstić information content (AvgIpc) is 2.21. The van der Waals surface area contributed by atoms with Crippen molar-refractivity contribution in [3.63, 3.8) is 0 Å². The van der Waals surface area contributed by atoms with Crippen LogP contribution in [0, 0.1) is 11.8 Å². The number of nitrogens with two attached hydrogens (primary N) is 1. The number of rotatable bonds is 7. The van der Waals surface area contributed by atoms with Crippen molar-refractivity contribution in [1.29, 1.82) is 0 Å². The Morgan fingerprint density at radius 1 is 1.06 bits per heavy atom. The molecule has 0 rings (SSSR count). The molecule has 5 nitrogen and oxygen atoms in total. The molecule has 0 saturated heterocycles. The largest absolute Gasteiger partial charge is 0.354 e. The summed E-state index contributed by atoms with van der Waals surface area (Å²) in [5, 5.41) is 5.26. The minimum atomic E-state index is -0.534. The van der Waals surface area contributed by atoms with E-state index in [-0.39, 0.29) is 18.4 Å². The van der Waals surface area contributed by atoms with E-state index < -0.39 is 6.04 Å². The van der Waals surface area contributed by atoms with Gasteiger partial charge < -0.3 is 16.4 Å². The highest BCUT2D eigenvalue weighted by molar-refractivity contribution is 5.87. The monoisotopic (exact) mass is 243 g/mol. The first-order chi connectivity index (χ1) is 7.82. The van der Waals surface area contributed by atoms with Gasteiger partial charge in [-0.2, -0.15) is 0 Å². The van der Waals surface area contributed by atoms with Gasteiger partial charge in [0.25, 0.3) is 0 Å². The first-order valence-electron chi connectivity index (χ1n) is 6.13. The van der Waals surface area contributed by atoms with Crippen LogP contribution >= 0.6 is 0 Å². The van der Waals surface area contributed by atoms with Crippen LogP contribution in [0.3, 0.4) is 0 Å². The summed E-state index contributed by atoms with van der Waals surface area (Å²) in [6, 6.07) is -0.534. The van der Waals surface area contributed by atoms with Gasteiger partial charge in [-0.1, -0.05) is 27.7 Å². The maximum absolute atomic E-state index is 11.5.